The van der Waals surface area contributed by atoms with Crippen LogP contribution in [0.3, 0.4) is 0 Å². The second-order valence-electron chi connectivity index (χ2n) is 3.02. The van der Waals surface area contributed by atoms with Crippen molar-refractivity contribution in [2.24, 2.45) is 5.73 Å². The quantitative estimate of drug-likeness (QED) is 0.695. The Morgan fingerprint density at radius 3 is 2.13 bits per heavy atom. The Balaban J connectivity index is 3.05. The fourth-order valence-corrected chi connectivity index (χ4v) is 1.55. The van der Waals surface area contributed by atoms with Gasteiger partial charge in [0.25, 0.3) is 0 Å². The molecule has 1 aromatic carbocycles. The van der Waals surface area contributed by atoms with E-state index in [2.05, 4.69) is 0 Å². The second kappa shape index (κ2) is 3.98. The van der Waals surface area contributed by atoms with Crippen molar-refractivity contribution in [1.82, 2.24) is 0 Å². The van der Waals surface area contributed by atoms with E-state index >= 15 is 0 Å². The van der Waals surface area contributed by atoms with Crippen molar-refractivity contribution in [1.29, 1.82) is 0 Å². The molecule has 0 aliphatic carbocycles. The molecule has 0 radical (unpaired) electrons. The minimum Gasteiger partial charge on any atom is -0.320 e. The van der Waals surface area contributed by atoms with Crippen LogP contribution in [0.15, 0.2) is 30.3 Å². The zero-order valence-corrected chi connectivity index (χ0v) is 8.44. The van der Waals surface area contributed by atoms with Crippen LogP contribution >= 0.6 is 7.60 Å². The predicted octanol–water partition coefficient (Wildman–Crippen LogP) is 1.46. The SMILES string of the molecule is NC(c1ccccc1)C(F)(F)P(=O)(O)O. The number of halogens is 2. The van der Waals surface area contributed by atoms with Gasteiger partial charge in [0, 0.05) is 0 Å². The van der Waals surface area contributed by atoms with Gasteiger partial charge >= 0.3 is 13.3 Å². The van der Waals surface area contributed by atoms with Gasteiger partial charge in [0.1, 0.15) is 6.04 Å². The summed E-state index contributed by atoms with van der Waals surface area (Å²) in [7, 11) is -5.55. The Kier molecular flexibility index (Phi) is 3.25. The van der Waals surface area contributed by atoms with Crippen molar-refractivity contribution < 1.29 is 23.1 Å². The molecule has 0 fully saturated rings. The van der Waals surface area contributed by atoms with Gasteiger partial charge < -0.3 is 15.5 Å². The summed E-state index contributed by atoms with van der Waals surface area (Å²) in [6, 6.07) is 5.07. The van der Waals surface area contributed by atoms with Gasteiger partial charge in [-0.1, -0.05) is 30.3 Å². The Labute approximate surface area is 84.9 Å². The third kappa shape index (κ3) is 2.41. The first kappa shape index (κ1) is 12.3. The van der Waals surface area contributed by atoms with Crippen LogP contribution < -0.4 is 5.73 Å². The molecule has 1 rings (SSSR count). The highest BCUT2D eigenvalue weighted by atomic mass is 31.2. The standard InChI is InChI=1S/C8H10F2NO3P/c9-8(10,15(12,13)14)7(11)6-4-2-1-3-5-6/h1-5,7H,11H2,(H2,12,13,14). The van der Waals surface area contributed by atoms with E-state index in [0.29, 0.717) is 0 Å². The van der Waals surface area contributed by atoms with Crippen molar-refractivity contribution in [3.05, 3.63) is 35.9 Å². The molecule has 0 saturated heterocycles. The van der Waals surface area contributed by atoms with Crippen molar-refractivity contribution in [3.8, 4) is 0 Å². The van der Waals surface area contributed by atoms with Gasteiger partial charge in [-0.2, -0.15) is 8.78 Å². The maximum absolute atomic E-state index is 13.1. The van der Waals surface area contributed by atoms with Crippen LogP contribution in [0.1, 0.15) is 11.6 Å². The maximum Gasteiger partial charge on any atom is 0.396 e. The Morgan fingerprint density at radius 2 is 1.73 bits per heavy atom. The Morgan fingerprint density at radius 1 is 1.27 bits per heavy atom. The van der Waals surface area contributed by atoms with E-state index in [1.54, 1.807) is 6.07 Å². The highest BCUT2D eigenvalue weighted by Crippen LogP contribution is 2.57. The molecular formula is C8H10F2NO3P. The van der Waals surface area contributed by atoms with Crippen LogP contribution in [0.5, 0.6) is 0 Å². The average Bonchev–Trinajstić information content (AvgIpc) is 2.16. The molecule has 0 aromatic heterocycles. The third-order valence-electron chi connectivity index (χ3n) is 1.92. The minimum absolute atomic E-state index is 0.0224. The summed E-state index contributed by atoms with van der Waals surface area (Å²) in [5, 5.41) is 0. The van der Waals surface area contributed by atoms with E-state index in [4.69, 9.17) is 15.5 Å². The molecule has 1 atom stereocenters. The molecule has 1 aromatic rings. The Hall–Kier alpha value is -0.810. The summed E-state index contributed by atoms with van der Waals surface area (Å²) in [6.45, 7) is 0. The first-order chi connectivity index (χ1) is 6.77. The van der Waals surface area contributed by atoms with Crippen LogP contribution in [-0.2, 0) is 4.57 Å². The first-order valence-electron chi connectivity index (χ1n) is 4.01. The van der Waals surface area contributed by atoms with Gasteiger partial charge in [-0.15, -0.1) is 0 Å². The van der Waals surface area contributed by atoms with Crippen LogP contribution in [0.25, 0.3) is 0 Å². The molecule has 0 heterocycles. The largest absolute Gasteiger partial charge is 0.396 e. The lowest BCUT2D eigenvalue weighted by atomic mass is 10.1. The molecular weight excluding hydrogens is 227 g/mol. The molecule has 0 saturated carbocycles. The van der Waals surface area contributed by atoms with Crippen LogP contribution in [0, 0.1) is 0 Å². The van der Waals surface area contributed by atoms with Crippen LogP contribution in [0.2, 0.25) is 0 Å². The van der Waals surface area contributed by atoms with Crippen molar-refractivity contribution in [2.75, 3.05) is 0 Å². The summed E-state index contributed by atoms with van der Waals surface area (Å²) in [6.07, 6.45) is 0. The molecule has 7 heteroatoms. The van der Waals surface area contributed by atoms with E-state index < -0.39 is 19.3 Å². The number of alkyl halides is 2. The topological polar surface area (TPSA) is 83.6 Å². The van der Waals surface area contributed by atoms with Gasteiger partial charge in [-0.3, -0.25) is 4.57 Å². The number of hydrogen-bond acceptors (Lipinski definition) is 2. The van der Waals surface area contributed by atoms with Crippen molar-refractivity contribution in [3.63, 3.8) is 0 Å². The molecule has 15 heavy (non-hydrogen) atoms. The third-order valence-corrected chi connectivity index (χ3v) is 2.98. The van der Waals surface area contributed by atoms with Crippen molar-refractivity contribution >= 4 is 7.60 Å². The molecule has 0 aliphatic rings. The molecule has 4 nitrogen and oxygen atoms in total. The van der Waals surface area contributed by atoms with E-state index in [-0.39, 0.29) is 5.56 Å². The molecule has 0 spiro atoms. The van der Waals surface area contributed by atoms with E-state index in [9.17, 15) is 13.3 Å². The van der Waals surface area contributed by atoms with Crippen LogP contribution in [-0.4, -0.2) is 15.5 Å². The summed E-state index contributed by atoms with van der Waals surface area (Å²) in [5.41, 5.74) is 0.839. The molecule has 0 amide bonds. The maximum atomic E-state index is 13.1. The average molecular weight is 237 g/mol. The number of rotatable bonds is 3. The number of nitrogens with two attached hydrogens (primary N) is 1. The Bertz CT molecular complexity index is 379. The first-order valence-corrected chi connectivity index (χ1v) is 5.62. The normalized spacial score (nSPS) is 15.0. The van der Waals surface area contributed by atoms with Crippen molar-refractivity contribution in [2.45, 2.75) is 11.7 Å². The van der Waals surface area contributed by atoms with E-state index in [0.717, 1.165) is 0 Å². The fourth-order valence-electron chi connectivity index (χ4n) is 1.04. The highest BCUT2D eigenvalue weighted by Gasteiger charge is 2.54. The van der Waals surface area contributed by atoms with Gasteiger partial charge in [0.15, 0.2) is 0 Å². The summed E-state index contributed by atoms with van der Waals surface area (Å²) in [5.74, 6) is 0. The molecule has 4 N–H and O–H groups in total. The summed E-state index contributed by atoms with van der Waals surface area (Å²) >= 11 is 0. The monoisotopic (exact) mass is 237 g/mol. The molecule has 84 valence electrons. The number of benzene rings is 1. The van der Waals surface area contributed by atoms with Gasteiger partial charge in [-0.05, 0) is 5.56 Å². The molecule has 1 unspecified atom stereocenters. The lowest BCUT2D eigenvalue weighted by Crippen LogP contribution is -2.32. The molecule has 0 aliphatic heterocycles. The summed E-state index contributed by atoms with van der Waals surface area (Å²) < 4.78 is 36.8. The van der Waals surface area contributed by atoms with Gasteiger partial charge in [-0.25, -0.2) is 0 Å². The molecule has 0 bridgehead atoms. The van der Waals surface area contributed by atoms with Gasteiger partial charge in [0.2, 0.25) is 0 Å². The lowest BCUT2D eigenvalue weighted by molar-refractivity contribution is 0.0324. The van der Waals surface area contributed by atoms with Gasteiger partial charge in [0.05, 0.1) is 0 Å². The van der Waals surface area contributed by atoms with E-state index in [1.165, 1.54) is 24.3 Å². The zero-order valence-electron chi connectivity index (χ0n) is 7.55. The lowest BCUT2D eigenvalue weighted by Gasteiger charge is -2.24. The number of hydrogen-bond donors (Lipinski definition) is 3. The predicted molar refractivity (Wildman–Crippen MR) is 50.4 cm³/mol. The highest BCUT2D eigenvalue weighted by molar-refractivity contribution is 7.53. The fraction of sp³-hybridized carbons (Fsp3) is 0.250. The second-order valence-corrected chi connectivity index (χ2v) is 4.70. The van der Waals surface area contributed by atoms with Crippen LogP contribution in [0.4, 0.5) is 8.78 Å². The minimum atomic E-state index is -5.55. The van der Waals surface area contributed by atoms with E-state index in [1.807, 2.05) is 0 Å². The zero-order chi connectivity index (χ0) is 11.7. The summed E-state index contributed by atoms with van der Waals surface area (Å²) in [4.78, 5) is 16.9. The smallest absolute Gasteiger partial charge is 0.320 e.